The van der Waals surface area contributed by atoms with Gasteiger partial charge in [0.15, 0.2) is 0 Å². The highest BCUT2D eigenvalue weighted by Crippen LogP contribution is 2.28. The summed E-state index contributed by atoms with van der Waals surface area (Å²) in [5.41, 5.74) is 5.79. The van der Waals surface area contributed by atoms with E-state index in [2.05, 4.69) is 22.8 Å². The summed E-state index contributed by atoms with van der Waals surface area (Å²) >= 11 is 2.91. The highest BCUT2D eigenvalue weighted by molar-refractivity contribution is 7.99. The van der Waals surface area contributed by atoms with Gasteiger partial charge in [-0.25, -0.2) is 9.97 Å². The Hall–Kier alpha value is -3.08. The molecule has 2 aliphatic carbocycles. The molecule has 2 amide bonds. The zero-order chi connectivity index (χ0) is 29.6. The standard InChI is InChI=1S/C32H40N6O2S2/c33-21-25-19-23-9-5-1-3-7-11-27(23)37-31(25)41-17-13-29(39)35-15-16-36-30(40)14-18-42-32-26(22-34)20-24-10-6-2-4-8-12-28(24)38-32/h19-20H,1-18H2,(H,35,39)(H,36,40). The number of pyridine rings is 2. The van der Waals surface area contributed by atoms with E-state index < -0.39 is 0 Å². The largest absolute Gasteiger partial charge is 0.354 e. The van der Waals surface area contributed by atoms with Crippen LogP contribution in [0.3, 0.4) is 0 Å². The van der Waals surface area contributed by atoms with E-state index in [0.29, 0.717) is 58.6 Å². The molecule has 0 atom stereocenters. The van der Waals surface area contributed by atoms with Gasteiger partial charge >= 0.3 is 0 Å². The average Bonchev–Trinajstić information content (AvgIpc) is 2.96. The van der Waals surface area contributed by atoms with Gasteiger partial charge in [0.1, 0.15) is 22.2 Å². The van der Waals surface area contributed by atoms with Crippen molar-refractivity contribution in [3.63, 3.8) is 0 Å². The lowest BCUT2D eigenvalue weighted by atomic mass is 9.96. The molecule has 0 saturated carbocycles. The van der Waals surface area contributed by atoms with Crippen molar-refractivity contribution in [2.24, 2.45) is 0 Å². The first-order valence-corrected chi connectivity index (χ1v) is 17.2. The maximum atomic E-state index is 12.3. The van der Waals surface area contributed by atoms with Gasteiger partial charge in [-0.2, -0.15) is 10.5 Å². The normalized spacial score (nSPS) is 14.9. The lowest BCUT2D eigenvalue weighted by Gasteiger charge is -2.15. The van der Waals surface area contributed by atoms with Gasteiger partial charge in [-0.1, -0.05) is 25.7 Å². The third-order valence-corrected chi connectivity index (χ3v) is 9.66. The van der Waals surface area contributed by atoms with Crippen LogP contribution in [0.1, 0.15) is 97.8 Å². The third kappa shape index (κ3) is 9.74. The molecule has 0 unspecified atom stereocenters. The number of amides is 2. The Labute approximate surface area is 257 Å². The fraction of sp³-hybridized carbons (Fsp3) is 0.562. The van der Waals surface area contributed by atoms with Crippen LogP contribution in [0, 0.1) is 22.7 Å². The second kappa shape index (κ2) is 17.1. The molecule has 0 fully saturated rings. The van der Waals surface area contributed by atoms with E-state index >= 15 is 0 Å². The first kappa shape index (κ1) is 31.8. The molecular formula is C32H40N6O2S2. The summed E-state index contributed by atoms with van der Waals surface area (Å²) in [6, 6.07) is 8.53. The fourth-order valence-corrected chi connectivity index (χ4v) is 7.21. The molecule has 0 spiro atoms. The second-order valence-electron chi connectivity index (χ2n) is 10.8. The number of aromatic nitrogens is 2. The molecule has 10 heteroatoms. The summed E-state index contributed by atoms with van der Waals surface area (Å²) in [4.78, 5) is 34.2. The molecule has 4 rings (SSSR count). The van der Waals surface area contributed by atoms with Gasteiger partial charge < -0.3 is 10.6 Å². The number of carbonyl (C=O) groups is 2. The number of hydrogen-bond acceptors (Lipinski definition) is 8. The number of aryl methyl sites for hydroxylation is 4. The number of thioether (sulfide) groups is 2. The Kier molecular flexibility index (Phi) is 13.0. The summed E-state index contributed by atoms with van der Waals surface area (Å²) in [6.45, 7) is 0.710. The van der Waals surface area contributed by atoms with Gasteiger partial charge in [-0.15, -0.1) is 23.5 Å². The first-order valence-electron chi connectivity index (χ1n) is 15.2. The highest BCUT2D eigenvalue weighted by atomic mass is 32.2. The van der Waals surface area contributed by atoms with Crippen LogP contribution in [0.25, 0.3) is 0 Å². The predicted octanol–water partition coefficient (Wildman–Crippen LogP) is 5.43. The van der Waals surface area contributed by atoms with Crippen molar-refractivity contribution >= 4 is 35.3 Å². The smallest absolute Gasteiger partial charge is 0.220 e. The molecule has 2 N–H and O–H groups in total. The monoisotopic (exact) mass is 604 g/mol. The zero-order valence-electron chi connectivity index (χ0n) is 24.3. The maximum Gasteiger partial charge on any atom is 0.220 e. The average molecular weight is 605 g/mol. The number of nitrogens with zero attached hydrogens (tertiary/aromatic N) is 4. The van der Waals surface area contributed by atoms with Crippen LogP contribution in [-0.2, 0) is 35.3 Å². The van der Waals surface area contributed by atoms with Gasteiger partial charge in [-0.05, 0) is 74.6 Å². The number of hydrogen-bond donors (Lipinski definition) is 2. The Morgan fingerprint density at radius 1 is 0.667 bits per heavy atom. The van der Waals surface area contributed by atoms with E-state index in [0.717, 1.165) is 62.8 Å². The topological polar surface area (TPSA) is 132 Å². The molecule has 2 aromatic heterocycles. The lowest BCUT2D eigenvalue weighted by molar-refractivity contribution is -0.122. The van der Waals surface area contributed by atoms with Crippen molar-refractivity contribution in [2.75, 3.05) is 24.6 Å². The molecule has 2 aromatic rings. The van der Waals surface area contributed by atoms with Crippen molar-refractivity contribution in [1.29, 1.82) is 10.5 Å². The minimum Gasteiger partial charge on any atom is -0.354 e. The lowest BCUT2D eigenvalue weighted by Crippen LogP contribution is -2.34. The van der Waals surface area contributed by atoms with Crippen molar-refractivity contribution in [3.05, 3.63) is 45.8 Å². The fourth-order valence-electron chi connectivity index (χ4n) is 5.38. The van der Waals surface area contributed by atoms with Crippen molar-refractivity contribution in [3.8, 4) is 12.1 Å². The molecule has 222 valence electrons. The number of rotatable bonds is 11. The van der Waals surface area contributed by atoms with Gasteiger partial charge in [0.2, 0.25) is 11.8 Å². The Balaban J connectivity index is 1.13. The van der Waals surface area contributed by atoms with Gasteiger partial charge in [-0.3, -0.25) is 9.59 Å². The summed E-state index contributed by atoms with van der Waals surface area (Å²) < 4.78 is 0. The van der Waals surface area contributed by atoms with Crippen LogP contribution in [0.15, 0.2) is 22.2 Å². The van der Waals surface area contributed by atoms with Crippen LogP contribution in [0.2, 0.25) is 0 Å². The van der Waals surface area contributed by atoms with Crippen LogP contribution in [0.4, 0.5) is 0 Å². The van der Waals surface area contributed by atoms with Crippen molar-refractivity contribution in [1.82, 2.24) is 20.6 Å². The van der Waals surface area contributed by atoms with Crippen LogP contribution in [0.5, 0.6) is 0 Å². The third-order valence-electron chi connectivity index (χ3n) is 7.68. The molecule has 0 aromatic carbocycles. The van der Waals surface area contributed by atoms with E-state index in [1.165, 1.54) is 60.3 Å². The summed E-state index contributed by atoms with van der Waals surface area (Å²) in [5, 5.41) is 26.3. The molecule has 0 radical (unpaired) electrons. The van der Waals surface area contributed by atoms with E-state index in [9.17, 15) is 20.1 Å². The predicted molar refractivity (Wildman–Crippen MR) is 166 cm³/mol. The van der Waals surface area contributed by atoms with Gasteiger partial charge in [0, 0.05) is 48.8 Å². The van der Waals surface area contributed by atoms with Crippen LogP contribution >= 0.6 is 23.5 Å². The van der Waals surface area contributed by atoms with Gasteiger partial charge in [0.25, 0.3) is 0 Å². The summed E-state index contributed by atoms with van der Waals surface area (Å²) in [5.74, 6) is 0.895. The SMILES string of the molecule is N#Cc1cc2c(nc1SCCC(=O)NCCNC(=O)CCSc1nc3c(cc1C#N)CCCCCC3)CCCCCC2. The van der Waals surface area contributed by atoms with E-state index in [4.69, 9.17) is 9.97 Å². The van der Waals surface area contributed by atoms with Crippen molar-refractivity contribution in [2.45, 2.75) is 99.9 Å². The second-order valence-corrected chi connectivity index (χ2v) is 13.0. The molecular weight excluding hydrogens is 565 g/mol. The molecule has 0 aliphatic heterocycles. The molecule has 0 bridgehead atoms. The highest BCUT2D eigenvalue weighted by Gasteiger charge is 2.16. The van der Waals surface area contributed by atoms with Crippen molar-refractivity contribution < 1.29 is 9.59 Å². The van der Waals surface area contributed by atoms with Crippen LogP contribution < -0.4 is 10.6 Å². The summed E-state index contributed by atoms with van der Waals surface area (Å²) in [7, 11) is 0. The Bertz CT molecular complexity index is 1230. The summed E-state index contributed by atoms with van der Waals surface area (Å²) in [6.07, 6.45) is 13.9. The molecule has 0 saturated heterocycles. The van der Waals surface area contributed by atoms with Crippen LogP contribution in [-0.4, -0.2) is 46.4 Å². The van der Waals surface area contributed by atoms with Gasteiger partial charge in [0.05, 0.1) is 11.1 Å². The number of nitrogens with one attached hydrogen (secondary N) is 2. The molecule has 2 aliphatic rings. The first-order chi connectivity index (χ1) is 20.6. The minimum atomic E-state index is -0.0916. The molecule has 42 heavy (non-hydrogen) atoms. The van der Waals surface area contributed by atoms with E-state index in [-0.39, 0.29) is 11.8 Å². The number of fused-ring (bicyclic) bond motifs is 2. The Morgan fingerprint density at radius 2 is 1.07 bits per heavy atom. The number of nitriles is 2. The molecule has 2 heterocycles. The molecule has 8 nitrogen and oxygen atoms in total. The van der Waals surface area contributed by atoms with E-state index in [1.54, 1.807) is 0 Å². The quantitative estimate of drug-likeness (QED) is 0.256. The maximum absolute atomic E-state index is 12.3. The zero-order valence-corrected chi connectivity index (χ0v) is 25.9. The Morgan fingerprint density at radius 3 is 1.48 bits per heavy atom. The number of carbonyl (C=O) groups excluding carboxylic acids is 2. The minimum absolute atomic E-state index is 0.0916. The van der Waals surface area contributed by atoms with E-state index in [1.807, 2.05) is 12.1 Å².